The molecular formula is C47H70O20. The number of carboxylic acids is 3. The average molecular weight is 955 g/mol. The quantitative estimate of drug-likeness (QED) is 0.0852. The highest BCUT2D eigenvalue weighted by atomic mass is 16.8. The number of rotatable bonds is 10. The van der Waals surface area contributed by atoms with Gasteiger partial charge in [-0.15, -0.1) is 0 Å². The molecule has 3 aliphatic heterocycles. The maximum Gasteiger partial charge on any atom is 0.369 e. The van der Waals surface area contributed by atoms with Crippen molar-refractivity contribution in [3.05, 3.63) is 11.6 Å². The van der Waals surface area contributed by atoms with Gasteiger partial charge in [0, 0.05) is 0 Å². The van der Waals surface area contributed by atoms with Crippen LogP contribution in [-0.2, 0) is 52.3 Å². The molecule has 9 N–H and O–H groups in total. The van der Waals surface area contributed by atoms with Gasteiger partial charge in [0.15, 0.2) is 12.4 Å². The van der Waals surface area contributed by atoms with Crippen LogP contribution < -0.4 is 0 Å². The van der Waals surface area contributed by atoms with Gasteiger partial charge in [0.25, 0.3) is 0 Å². The number of ether oxygens (including phenoxy) is 7. The molecule has 0 amide bonds. The number of esters is 1. The normalized spacial score (nSPS) is 49.9. The van der Waals surface area contributed by atoms with Crippen molar-refractivity contribution in [3.63, 3.8) is 0 Å². The Hall–Kier alpha value is -2.86. The lowest BCUT2D eigenvalue weighted by Crippen LogP contribution is -2.72. The highest BCUT2D eigenvalue weighted by molar-refractivity contribution is 5.77. The van der Waals surface area contributed by atoms with Crippen molar-refractivity contribution in [1.29, 1.82) is 0 Å². The van der Waals surface area contributed by atoms with Gasteiger partial charge < -0.3 is 79.1 Å². The first-order chi connectivity index (χ1) is 31.1. The Morgan fingerprint density at radius 3 is 2.12 bits per heavy atom. The zero-order valence-corrected chi connectivity index (χ0v) is 39.2. The SMILES string of the molecule is CC1(C)C[C@H](C(=O)O[C@H]2O[C@@H](CO)[C@@H](O)[C@@H](O)[C@H]2O)[C@@H]2CC[C@@]3(C)C(=CC[C@@H]4[C@@]5(C)CC[C@@H](O[C@@H]6O[C@@H](C(=O)O)[C@H]7O[C@@](O)(C(=O)O)[C@@H](OCC(=O)O)O[C@H]7[C@H]6O)C(C)(C)[C@H]5CC[C@]43C)[C@@H]2C1. The van der Waals surface area contributed by atoms with Crippen LogP contribution in [0.3, 0.4) is 0 Å². The second-order valence-electron chi connectivity index (χ2n) is 22.9. The number of aliphatic hydroxyl groups is 6. The van der Waals surface area contributed by atoms with E-state index >= 15 is 0 Å². The smallest absolute Gasteiger partial charge is 0.369 e. The first kappa shape index (κ1) is 50.5. The number of carbonyl (C=O) groups excluding carboxylic acids is 1. The zero-order chi connectivity index (χ0) is 49.1. The molecule has 0 radical (unpaired) electrons. The molecule has 21 atom stereocenters. The predicted molar refractivity (Wildman–Crippen MR) is 226 cm³/mol. The van der Waals surface area contributed by atoms with E-state index in [0.717, 1.165) is 44.9 Å². The van der Waals surface area contributed by atoms with Gasteiger partial charge in [0.05, 0.1) is 18.6 Å². The molecule has 0 aromatic heterocycles. The molecule has 20 nitrogen and oxygen atoms in total. The Bertz CT molecular complexity index is 1970. The highest BCUT2D eigenvalue weighted by Gasteiger charge is 2.69. The molecule has 5 aliphatic carbocycles. The van der Waals surface area contributed by atoms with Gasteiger partial charge in [0.2, 0.25) is 12.6 Å². The Labute approximate surface area is 388 Å². The van der Waals surface area contributed by atoms with E-state index in [4.69, 9.17) is 38.3 Å². The molecule has 8 rings (SSSR count). The predicted octanol–water partition coefficient (Wildman–Crippen LogP) is 1.53. The van der Waals surface area contributed by atoms with E-state index in [1.807, 2.05) is 0 Å². The fourth-order valence-corrected chi connectivity index (χ4v) is 15.0. The van der Waals surface area contributed by atoms with Crippen molar-refractivity contribution in [2.24, 2.45) is 56.7 Å². The lowest BCUT2D eigenvalue weighted by atomic mass is 9.34. The van der Waals surface area contributed by atoms with Gasteiger partial charge in [-0.05, 0) is 109 Å². The minimum absolute atomic E-state index is 0.0335. The van der Waals surface area contributed by atoms with E-state index in [1.54, 1.807) is 0 Å². The number of aliphatic carboxylic acids is 3. The second kappa shape index (κ2) is 17.5. The maximum absolute atomic E-state index is 14.2. The summed E-state index contributed by atoms with van der Waals surface area (Å²) < 4.78 is 39.7. The lowest BCUT2D eigenvalue weighted by molar-refractivity contribution is -0.435. The fraction of sp³-hybridized carbons (Fsp3) is 0.872. The van der Waals surface area contributed by atoms with Gasteiger partial charge >= 0.3 is 29.7 Å². The summed E-state index contributed by atoms with van der Waals surface area (Å²) in [7, 11) is 0. The molecule has 7 fully saturated rings. The average Bonchev–Trinajstić information content (AvgIpc) is 3.24. The van der Waals surface area contributed by atoms with Gasteiger partial charge in [-0.1, -0.05) is 60.1 Å². The monoisotopic (exact) mass is 954 g/mol. The topological polar surface area (TPSA) is 315 Å². The minimum Gasteiger partial charge on any atom is -0.480 e. The summed E-state index contributed by atoms with van der Waals surface area (Å²) in [6.07, 6.45) is -10.0. The van der Waals surface area contributed by atoms with Crippen LogP contribution in [0.5, 0.6) is 0 Å². The summed E-state index contributed by atoms with van der Waals surface area (Å²) in [5.74, 6) is -9.12. The van der Waals surface area contributed by atoms with E-state index in [9.17, 15) is 60.0 Å². The Morgan fingerprint density at radius 2 is 1.48 bits per heavy atom. The molecule has 3 heterocycles. The Kier molecular flexibility index (Phi) is 13.2. The molecule has 67 heavy (non-hydrogen) atoms. The minimum atomic E-state index is -3.33. The Morgan fingerprint density at radius 1 is 0.776 bits per heavy atom. The molecule has 0 spiro atoms. The second-order valence-corrected chi connectivity index (χ2v) is 22.9. The fourth-order valence-electron chi connectivity index (χ4n) is 15.0. The number of allylic oxidation sites excluding steroid dienone is 2. The van der Waals surface area contributed by atoms with Crippen molar-refractivity contribution < 1.29 is 98.3 Å². The van der Waals surface area contributed by atoms with Crippen molar-refractivity contribution in [3.8, 4) is 0 Å². The molecule has 4 saturated carbocycles. The van der Waals surface area contributed by atoms with E-state index < -0.39 is 128 Å². The molecule has 0 aromatic rings. The van der Waals surface area contributed by atoms with Crippen LogP contribution in [-0.4, -0.2) is 163 Å². The first-order valence-electron chi connectivity index (χ1n) is 23.7. The third-order valence-electron chi connectivity index (χ3n) is 18.4. The molecule has 378 valence electrons. The van der Waals surface area contributed by atoms with Crippen LogP contribution in [0.2, 0.25) is 0 Å². The molecule has 0 aromatic carbocycles. The maximum atomic E-state index is 14.2. The van der Waals surface area contributed by atoms with Gasteiger partial charge in [-0.2, -0.15) is 0 Å². The van der Waals surface area contributed by atoms with Crippen molar-refractivity contribution in [2.75, 3.05) is 13.2 Å². The molecule has 3 saturated heterocycles. The van der Waals surface area contributed by atoms with E-state index in [2.05, 4.69) is 54.5 Å². The Balaban J connectivity index is 1.01. The van der Waals surface area contributed by atoms with Crippen LogP contribution >= 0.6 is 0 Å². The first-order valence-corrected chi connectivity index (χ1v) is 23.7. The van der Waals surface area contributed by atoms with Crippen LogP contribution in [0, 0.1) is 56.7 Å². The molecule has 0 bridgehead atoms. The van der Waals surface area contributed by atoms with Gasteiger partial charge in [-0.25, -0.2) is 14.4 Å². The van der Waals surface area contributed by atoms with Crippen LogP contribution in [0.4, 0.5) is 0 Å². The summed E-state index contributed by atoms with van der Waals surface area (Å²) in [5, 5.41) is 92.8. The van der Waals surface area contributed by atoms with E-state index in [1.165, 1.54) is 5.57 Å². The largest absolute Gasteiger partial charge is 0.480 e. The summed E-state index contributed by atoms with van der Waals surface area (Å²) in [6, 6.07) is 0. The van der Waals surface area contributed by atoms with Crippen molar-refractivity contribution >= 4 is 23.9 Å². The van der Waals surface area contributed by atoms with Gasteiger partial charge in [-0.3, -0.25) is 4.79 Å². The molecular weight excluding hydrogens is 884 g/mol. The number of hydrogen-bond donors (Lipinski definition) is 9. The van der Waals surface area contributed by atoms with Crippen LogP contribution in [0.15, 0.2) is 11.6 Å². The lowest BCUT2D eigenvalue weighted by Gasteiger charge is -2.71. The standard InChI is InChI=1S/C47H70O20/c1-42(2)16-21-20(22(17-42)37(57)66-38-31(53)30(52)29(51)24(18-48)62-38)10-14-45(6)23(21)8-9-26-44(5)13-12-27(43(3,4)25(44)11-15-46(26,45)7)63-39-32(54)33-34(35(64-39)36(55)56)67-47(60,40(58)59)41(65-33)61-19-28(49)50/h8,20-22,24-27,29-35,38-39,41,48,51-54,60H,9-19H2,1-7H3,(H,49,50)(H,55,56)(H,58,59)/t20-,21-,22+,24+,25-,26-,27-,29-,30-,31-,32-,33+,34+,35-,38-,39-,41+,44+,45+,46-,47+/m1/s1. The van der Waals surface area contributed by atoms with Gasteiger partial charge in [0.1, 0.15) is 49.3 Å². The summed E-state index contributed by atoms with van der Waals surface area (Å²) in [4.78, 5) is 50.1. The van der Waals surface area contributed by atoms with E-state index in [0.29, 0.717) is 12.8 Å². The number of carbonyl (C=O) groups is 4. The zero-order valence-electron chi connectivity index (χ0n) is 39.2. The number of aliphatic hydroxyl groups excluding tert-OH is 5. The summed E-state index contributed by atoms with van der Waals surface area (Å²) in [5.41, 5.74) is 0.0765. The van der Waals surface area contributed by atoms with Crippen molar-refractivity contribution in [2.45, 2.75) is 186 Å². The number of hydrogen-bond acceptors (Lipinski definition) is 17. The van der Waals surface area contributed by atoms with Crippen LogP contribution in [0.1, 0.15) is 106 Å². The number of carboxylic acid groups (broad SMARTS) is 3. The summed E-state index contributed by atoms with van der Waals surface area (Å²) in [6.45, 7) is 14.0. The third-order valence-corrected chi connectivity index (χ3v) is 18.4. The molecule has 0 unspecified atom stereocenters. The van der Waals surface area contributed by atoms with Crippen molar-refractivity contribution in [1.82, 2.24) is 0 Å². The van der Waals surface area contributed by atoms with E-state index in [-0.39, 0.29) is 45.3 Å². The molecule has 8 aliphatic rings. The number of fused-ring (bicyclic) bond motifs is 8. The summed E-state index contributed by atoms with van der Waals surface area (Å²) >= 11 is 0. The molecule has 20 heteroatoms. The van der Waals surface area contributed by atoms with Crippen LogP contribution in [0.25, 0.3) is 0 Å². The highest BCUT2D eigenvalue weighted by Crippen LogP contribution is 2.75. The third kappa shape index (κ3) is 8.06.